The Morgan fingerprint density at radius 1 is 1.29 bits per heavy atom. The molecule has 1 aliphatic heterocycles. The van der Waals surface area contributed by atoms with Gasteiger partial charge in [-0.3, -0.25) is 5.10 Å². The van der Waals surface area contributed by atoms with E-state index in [4.69, 9.17) is 5.73 Å². The van der Waals surface area contributed by atoms with E-state index in [0.717, 1.165) is 18.5 Å². The molecule has 1 aliphatic carbocycles. The van der Waals surface area contributed by atoms with Gasteiger partial charge in [-0.25, -0.2) is 8.42 Å². The van der Waals surface area contributed by atoms with Gasteiger partial charge < -0.3 is 5.73 Å². The summed E-state index contributed by atoms with van der Waals surface area (Å²) in [6.07, 6.45) is 5.91. The SMILES string of the molecule is Cc1[nH]nc(S(=O)(=O)N2CCC3CCCCC3C2)c1CN. The molecule has 1 saturated carbocycles. The van der Waals surface area contributed by atoms with Crippen molar-refractivity contribution in [2.75, 3.05) is 13.1 Å². The molecule has 3 N–H and O–H groups in total. The van der Waals surface area contributed by atoms with Gasteiger partial charge in [0.05, 0.1) is 0 Å². The lowest BCUT2D eigenvalue weighted by Gasteiger charge is -2.40. The van der Waals surface area contributed by atoms with Crippen LogP contribution in [0.25, 0.3) is 0 Å². The van der Waals surface area contributed by atoms with Crippen LogP contribution in [0.15, 0.2) is 5.03 Å². The second-order valence-corrected chi connectivity index (χ2v) is 8.15. The van der Waals surface area contributed by atoms with Crippen LogP contribution in [0, 0.1) is 18.8 Å². The molecule has 2 aliphatic rings. The zero-order valence-corrected chi connectivity index (χ0v) is 13.3. The third-order valence-electron chi connectivity index (χ3n) is 5.08. The molecule has 118 valence electrons. The first-order valence-corrected chi connectivity index (χ1v) is 9.22. The second kappa shape index (κ2) is 5.70. The average molecular weight is 312 g/mol. The van der Waals surface area contributed by atoms with Crippen LogP contribution in [0.5, 0.6) is 0 Å². The highest BCUT2D eigenvalue weighted by atomic mass is 32.2. The minimum absolute atomic E-state index is 0.122. The average Bonchev–Trinajstić information content (AvgIpc) is 2.88. The van der Waals surface area contributed by atoms with E-state index in [1.807, 2.05) is 6.92 Å². The van der Waals surface area contributed by atoms with Crippen molar-refractivity contribution in [2.24, 2.45) is 17.6 Å². The summed E-state index contributed by atoms with van der Waals surface area (Å²) in [5, 5.41) is 6.88. The third kappa shape index (κ3) is 2.62. The molecule has 2 unspecified atom stereocenters. The Labute approximate surface area is 126 Å². The Morgan fingerprint density at radius 3 is 2.71 bits per heavy atom. The van der Waals surface area contributed by atoms with E-state index < -0.39 is 10.0 Å². The molecule has 0 bridgehead atoms. The van der Waals surface area contributed by atoms with Gasteiger partial charge in [-0.05, 0) is 31.6 Å². The summed E-state index contributed by atoms with van der Waals surface area (Å²) >= 11 is 0. The normalized spacial score (nSPS) is 27.5. The second-order valence-electron chi connectivity index (χ2n) is 6.29. The van der Waals surface area contributed by atoms with E-state index >= 15 is 0 Å². The van der Waals surface area contributed by atoms with E-state index in [-0.39, 0.29) is 11.6 Å². The number of piperidine rings is 1. The zero-order valence-electron chi connectivity index (χ0n) is 12.5. The number of H-pyrrole nitrogens is 1. The van der Waals surface area contributed by atoms with Gasteiger partial charge in [0, 0.05) is 30.9 Å². The highest BCUT2D eigenvalue weighted by Gasteiger charge is 2.38. The molecule has 21 heavy (non-hydrogen) atoms. The van der Waals surface area contributed by atoms with Crippen LogP contribution in [0.4, 0.5) is 0 Å². The van der Waals surface area contributed by atoms with Crippen LogP contribution in [-0.4, -0.2) is 36.0 Å². The van der Waals surface area contributed by atoms with E-state index in [1.165, 1.54) is 19.3 Å². The van der Waals surface area contributed by atoms with Crippen LogP contribution in [0.3, 0.4) is 0 Å². The minimum Gasteiger partial charge on any atom is -0.326 e. The molecule has 0 amide bonds. The summed E-state index contributed by atoms with van der Waals surface area (Å²) in [5.74, 6) is 1.23. The first kappa shape index (κ1) is 15.0. The molecule has 0 aromatic carbocycles. The Morgan fingerprint density at radius 2 is 2.00 bits per heavy atom. The van der Waals surface area contributed by atoms with E-state index in [2.05, 4.69) is 10.2 Å². The molecule has 3 rings (SSSR count). The van der Waals surface area contributed by atoms with E-state index in [0.29, 0.717) is 30.5 Å². The van der Waals surface area contributed by atoms with Gasteiger partial charge in [0.25, 0.3) is 10.0 Å². The van der Waals surface area contributed by atoms with Crippen molar-refractivity contribution in [2.45, 2.75) is 50.6 Å². The molecule has 1 aromatic heterocycles. The molecule has 1 saturated heterocycles. The van der Waals surface area contributed by atoms with Gasteiger partial charge >= 0.3 is 0 Å². The van der Waals surface area contributed by atoms with Crippen molar-refractivity contribution >= 4 is 10.0 Å². The Bertz CT molecular complexity index is 610. The fourth-order valence-corrected chi connectivity index (χ4v) is 5.48. The number of hydrogen-bond acceptors (Lipinski definition) is 4. The Hall–Kier alpha value is -0.920. The van der Waals surface area contributed by atoms with Crippen LogP contribution in [-0.2, 0) is 16.6 Å². The van der Waals surface area contributed by atoms with Crippen LogP contribution >= 0.6 is 0 Å². The zero-order chi connectivity index (χ0) is 15.0. The van der Waals surface area contributed by atoms with Crippen molar-refractivity contribution < 1.29 is 8.42 Å². The van der Waals surface area contributed by atoms with Gasteiger partial charge in [0.2, 0.25) is 0 Å². The van der Waals surface area contributed by atoms with Crippen molar-refractivity contribution in [1.82, 2.24) is 14.5 Å². The molecule has 1 aromatic rings. The summed E-state index contributed by atoms with van der Waals surface area (Å²) in [6, 6.07) is 0. The van der Waals surface area contributed by atoms with Crippen LogP contribution in [0.1, 0.15) is 43.4 Å². The largest absolute Gasteiger partial charge is 0.326 e. The van der Waals surface area contributed by atoms with Crippen molar-refractivity contribution in [3.63, 3.8) is 0 Å². The maximum atomic E-state index is 12.8. The molecule has 7 heteroatoms. The van der Waals surface area contributed by atoms with E-state index in [9.17, 15) is 8.42 Å². The van der Waals surface area contributed by atoms with Gasteiger partial charge in [0.15, 0.2) is 5.03 Å². The lowest BCUT2D eigenvalue weighted by molar-refractivity contribution is 0.136. The number of fused-ring (bicyclic) bond motifs is 1. The van der Waals surface area contributed by atoms with Crippen LogP contribution < -0.4 is 5.73 Å². The molecule has 2 atom stereocenters. The number of sulfonamides is 1. The lowest BCUT2D eigenvalue weighted by atomic mass is 9.76. The first-order chi connectivity index (χ1) is 10.0. The molecule has 0 radical (unpaired) electrons. The summed E-state index contributed by atoms with van der Waals surface area (Å²) in [5.41, 5.74) is 7.04. The van der Waals surface area contributed by atoms with Crippen molar-refractivity contribution in [3.05, 3.63) is 11.3 Å². The number of aromatic nitrogens is 2. The minimum atomic E-state index is -3.52. The van der Waals surface area contributed by atoms with Crippen LogP contribution in [0.2, 0.25) is 0 Å². The summed E-state index contributed by atoms with van der Waals surface area (Å²) < 4.78 is 27.3. The topological polar surface area (TPSA) is 92.1 Å². The maximum Gasteiger partial charge on any atom is 0.262 e. The molecular weight excluding hydrogens is 288 g/mol. The van der Waals surface area contributed by atoms with Gasteiger partial charge in [-0.2, -0.15) is 9.40 Å². The predicted molar refractivity (Wildman–Crippen MR) is 80.0 cm³/mol. The highest BCUT2D eigenvalue weighted by Crippen LogP contribution is 2.37. The summed E-state index contributed by atoms with van der Waals surface area (Å²) in [4.78, 5) is 0. The third-order valence-corrected chi connectivity index (χ3v) is 6.92. The number of nitrogens with two attached hydrogens (primary N) is 1. The highest BCUT2D eigenvalue weighted by molar-refractivity contribution is 7.89. The molecular formula is C14H24N4O2S. The van der Waals surface area contributed by atoms with Crippen molar-refractivity contribution in [3.8, 4) is 0 Å². The molecule has 0 spiro atoms. The quantitative estimate of drug-likeness (QED) is 0.882. The number of nitrogens with zero attached hydrogens (tertiary/aromatic N) is 2. The van der Waals surface area contributed by atoms with E-state index in [1.54, 1.807) is 4.31 Å². The number of hydrogen-bond donors (Lipinski definition) is 2. The van der Waals surface area contributed by atoms with Gasteiger partial charge in [0.1, 0.15) is 0 Å². The number of aromatic amines is 1. The molecule has 2 fully saturated rings. The smallest absolute Gasteiger partial charge is 0.262 e. The first-order valence-electron chi connectivity index (χ1n) is 7.78. The lowest BCUT2D eigenvalue weighted by Crippen LogP contribution is -2.45. The van der Waals surface area contributed by atoms with Crippen molar-refractivity contribution in [1.29, 1.82) is 0 Å². The Balaban J connectivity index is 1.85. The fraction of sp³-hybridized carbons (Fsp3) is 0.786. The van der Waals surface area contributed by atoms with Gasteiger partial charge in [-0.1, -0.05) is 19.3 Å². The standard InChI is InChI=1S/C14H24N4O2S/c1-10-13(8-15)14(17-16-10)21(19,20)18-7-6-11-4-2-3-5-12(11)9-18/h11-12H,2-9,15H2,1H3,(H,16,17). The van der Waals surface area contributed by atoms with Gasteiger partial charge in [-0.15, -0.1) is 0 Å². The fourth-order valence-electron chi connectivity index (χ4n) is 3.79. The number of nitrogens with one attached hydrogen (secondary N) is 1. The summed E-state index contributed by atoms with van der Waals surface area (Å²) in [6.45, 7) is 3.25. The number of rotatable bonds is 3. The maximum absolute atomic E-state index is 12.8. The molecule has 6 nitrogen and oxygen atoms in total. The number of aryl methyl sites for hydroxylation is 1. The molecule has 2 heterocycles. The monoisotopic (exact) mass is 312 g/mol. The summed E-state index contributed by atoms with van der Waals surface area (Å²) in [7, 11) is -3.52. The predicted octanol–water partition coefficient (Wildman–Crippen LogP) is 1.38. The Kier molecular flexibility index (Phi) is 4.07.